The Hall–Kier alpha value is -0.790. The molecule has 0 atom stereocenters. The number of hydrogen-bond donors (Lipinski definition) is 0. The molecule has 0 spiro atoms. The first-order valence-corrected chi connectivity index (χ1v) is 2.99. The minimum absolute atomic E-state index is 0.162. The summed E-state index contributed by atoms with van der Waals surface area (Å²) in [7, 11) is 3.51. The molecular weight excluding hydrogens is 114 g/mol. The Morgan fingerprint density at radius 2 is 2.22 bits per heavy atom. The van der Waals surface area contributed by atoms with E-state index >= 15 is 0 Å². The highest BCUT2D eigenvalue weighted by Crippen LogP contribution is 1.92. The molecule has 1 amide bonds. The Kier molecular flexibility index (Phi) is 3.76. The lowest BCUT2D eigenvalue weighted by molar-refractivity contribution is -0.128. The predicted molar refractivity (Wildman–Crippen MR) is 38.1 cm³/mol. The lowest BCUT2D eigenvalue weighted by Crippen LogP contribution is -2.20. The zero-order valence-electron chi connectivity index (χ0n) is 6.05. The van der Waals surface area contributed by atoms with Crippen molar-refractivity contribution in [3.8, 4) is 0 Å². The summed E-state index contributed by atoms with van der Waals surface area (Å²) in [6, 6.07) is 0. The van der Waals surface area contributed by atoms with Crippen molar-refractivity contribution in [1.29, 1.82) is 0 Å². The Labute approximate surface area is 56.2 Å². The molecule has 0 radical (unpaired) electrons. The van der Waals surface area contributed by atoms with Gasteiger partial charge in [-0.05, 0) is 6.42 Å². The molecule has 0 heterocycles. The molecule has 52 valence electrons. The number of rotatable bonds is 3. The predicted octanol–water partition coefficient (Wildman–Crippen LogP) is 1.04. The second-order valence-corrected chi connectivity index (χ2v) is 2.12. The molecule has 0 aromatic heterocycles. The molecule has 0 aliphatic carbocycles. The molecule has 0 aromatic carbocycles. The second kappa shape index (κ2) is 4.13. The van der Waals surface area contributed by atoms with Crippen LogP contribution < -0.4 is 0 Å². The van der Waals surface area contributed by atoms with Gasteiger partial charge in [-0.2, -0.15) is 0 Å². The summed E-state index contributed by atoms with van der Waals surface area (Å²) < 4.78 is 0. The van der Waals surface area contributed by atoms with Crippen molar-refractivity contribution in [3.63, 3.8) is 0 Å². The third-order valence-corrected chi connectivity index (χ3v) is 1.06. The first-order chi connectivity index (χ1) is 4.18. The van der Waals surface area contributed by atoms with Crippen molar-refractivity contribution < 1.29 is 4.79 Å². The molecule has 0 aliphatic heterocycles. The largest absolute Gasteiger partial charge is 0.349 e. The molecule has 9 heavy (non-hydrogen) atoms. The van der Waals surface area contributed by atoms with Crippen LogP contribution in [-0.2, 0) is 4.79 Å². The Morgan fingerprint density at radius 3 is 2.56 bits per heavy atom. The minimum atomic E-state index is 0.162. The van der Waals surface area contributed by atoms with Crippen LogP contribution in [0.25, 0.3) is 0 Å². The molecule has 0 N–H and O–H groups in total. The van der Waals surface area contributed by atoms with Crippen LogP contribution in [0.3, 0.4) is 0 Å². The van der Waals surface area contributed by atoms with Crippen LogP contribution in [0, 0.1) is 0 Å². The van der Waals surface area contributed by atoms with Crippen LogP contribution in [0.1, 0.15) is 12.8 Å². The van der Waals surface area contributed by atoms with E-state index in [4.69, 9.17) is 0 Å². The molecular formula is C7H13NO. The lowest BCUT2D eigenvalue weighted by atomic mass is 10.3. The highest BCUT2D eigenvalue weighted by Gasteiger charge is 1.99. The summed E-state index contributed by atoms with van der Waals surface area (Å²) in [4.78, 5) is 12.4. The smallest absolute Gasteiger partial charge is 0.222 e. The summed E-state index contributed by atoms with van der Waals surface area (Å²) in [6.07, 6.45) is 3.11. The fourth-order valence-corrected chi connectivity index (χ4v) is 0.449. The average molecular weight is 127 g/mol. The van der Waals surface area contributed by atoms with Gasteiger partial charge >= 0.3 is 0 Å². The van der Waals surface area contributed by atoms with Gasteiger partial charge in [0.15, 0.2) is 0 Å². The van der Waals surface area contributed by atoms with E-state index in [1.807, 2.05) is 0 Å². The number of hydrogen-bond acceptors (Lipinski definition) is 1. The summed E-state index contributed by atoms with van der Waals surface area (Å²) in [5.41, 5.74) is 0. The van der Waals surface area contributed by atoms with Crippen LogP contribution in [0.4, 0.5) is 0 Å². The van der Waals surface area contributed by atoms with E-state index in [9.17, 15) is 4.79 Å². The van der Waals surface area contributed by atoms with Gasteiger partial charge in [-0.25, -0.2) is 0 Å². The van der Waals surface area contributed by atoms with Gasteiger partial charge in [0, 0.05) is 20.5 Å². The van der Waals surface area contributed by atoms with Crippen LogP contribution >= 0.6 is 0 Å². The van der Waals surface area contributed by atoms with Crippen LogP contribution in [-0.4, -0.2) is 24.9 Å². The maximum Gasteiger partial charge on any atom is 0.222 e. The molecule has 0 bridgehead atoms. The molecule has 0 aliphatic rings. The van der Waals surface area contributed by atoms with Crippen molar-refractivity contribution in [2.24, 2.45) is 0 Å². The number of carbonyl (C=O) groups excluding carboxylic acids is 1. The summed E-state index contributed by atoms with van der Waals surface area (Å²) in [6.45, 7) is 3.52. The SMILES string of the molecule is C=CCCC(=O)N(C)C. The normalized spacial score (nSPS) is 8.67. The Balaban J connectivity index is 3.38. The zero-order valence-corrected chi connectivity index (χ0v) is 6.05. The van der Waals surface area contributed by atoms with Crippen molar-refractivity contribution in [2.75, 3.05) is 14.1 Å². The van der Waals surface area contributed by atoms with E-state index < -0.39 is 0 Å². The van der Waals surface area contributed by atoms with Gasteiger partial charge in [-0.15, -0.1) is 6.58 Å². The maximum absolute atomic E-state index is 10.8. The van der Waals surface area contributed by atoms with Crippen molar-refractivity contribution in [3.05, 3.63) is 12.7 Å². The van der Waals surface area contributed by atoms with E-state index in [0.717, 1.165) is 6.42 Å². The Morgan fingerprint density at radius 1 is 1.67 bits per heavy atom. The molecule has 0 unspecified atom stereocenters. The van der Waals surface area contributed by atoms with Gasteiger partial charge in [0.2, 0.25) is 5.91 Å². The van der Waals surface area contributed by atoms with Crippen LogP contribution in [0.15, 0.2) is 12.7 Å². The molecule has 0 saturated carbocycles. The number of carbonyl (C=O) groups is 1. The summed E-state index contributed by atoms with van der Waals surface area (Å²) >= 11 is 0. The minimum Gasteiger partial charge on any atom is -0.349 e. The first kappa shape index (κ1) is 8.21. The molecule has 0 saturated heterocycles. The third-order valence-electron chi connectivity index (χ3n) is 1.06. The first-order valence-electron chi connectivity index (χ1n) is 2.99. The van der Waals surface area contributed by atoms with Gasteiger partial charge in [-0.3, -0.25) is 4.79 Å². The number of allylic oxidation sites excluding steroid dienone is 1. The van der Waals surface area contributed by atoms with E-state index in [1.165, 1.54) is 0 Å². The van der Waals surface area contributed by atoms with Crippen LogP contribution in [0.5, 0.6) is 0 Å². The fraction of sp³-hybridized carbons (Fsp3) is 0.571. The summed E-state index contributed by atoms with van der Waals surface area (Å²) in [5, 5.41) is 0. The van der Waals surface area contributed by atoms with Gasteiger partial charge in [0.25, 0.3) is 0 Å². The van der Waals surface area contributed by atoms with E-state index in [2.05, 4.69) is 6.58 Å². The van der Waals surface area contributed by atoms with E-state index in [-0.39, 0.29) is 5.91 Å². The zero-order chi connectivity index (χ0) is 7.28. The summed E-state index contributed by atoms with van der Waals surface area (Å²) in [5.74, 6) is 0.162. The van der Waals surface area contributed by atoms with Crippen molar-refractivity contribution >= 4 is 5.91 Å². The fourth-order valence-electron chi connectivity index (χ4n) is 0.449. The molecule has 0 fully saturated rings. The Bertz CT molecular complexity index is 107. The average Bonchev–Trinajstić information content (AvgIpc) is 1.82. The highest BCUT2D eigenvalue weighted by atomic mass is 16.2. The molecule has 0 aromatic rings. The number of nitrogens with zero attached hydrogens (tertiary/aromatic N) is 1. The monoisotopic (exact) mass is 127 g/mol. The topological polar surface area (TPSA) is 20.3 Å². The standard InChI is InChI=1S/C7H13NO/c1-4-5-6-7(9)8(2)3/h4H,1,5-6H2,2-3H3. The molecule has 2 nitrogen and oxygen atoms in total. The van der Waals surface area contributed by atoms with Gasteiger partial charge in [0.1, 0.15) is 0 Å². The van der Waals surface area contributed by atoms with Crippen molar-refractivity contribution in [2.45, 2.75) is 12.8 Å². The van der Waals surface area contributed by atoms with Crippen LogP contribution in [0.2, 0.25) is 0 Å². The number of amides is 1. The van der Waals surface area contributed by atoms with E-state index in [1.54, 1.807) is 25.1 Å². The molecule has 0 rings (SSSR count). The van der Waals surface area contributed by atoms with Gasteiger partial charge in [0.05, 0.1) is 0 Å². The lowest BCUT2D eigenvalue weighted by Gasteiger charge is -2.07. The maximum atomic E-state index is 10.8. The van der Waals surface area contributed by atoms with Gasteiger partial charge < -0.3 is 4.90 Å². The third kappa shape index (κ3) is 3.76. The highest BCUT2D eigenvalue weighted by molar-refractivity contribution is 5.75. The quantitative estimate of drug-likeness (QED) is 0.519. The molecule has 2 heteroatoms. The van der Waals surface area contributed by atoms with E-state index in [0.29, 0.717) is 6.42 Å². The van der Waals surface area contributed by atoms with Crippen molar-refractivity contribution in [1.82, 2.24) is 4.90 Å². The van der Waals surface area contributed by atoms with Gasteiger partial charge in [-0.1, -0.05) is 6.08 Å². The second-order valence-electron chi connectivity index (χ2n) is 2.12.